The standard InChI is InChI=1S/C20H20Cl2N4O/c1-12-10-20(2,3)26(4)17-9-16(21)13(8-15(12)17)11-24-25-19(27)14-6-5-7-23-18(14)22/h5-11H,1-4H3,(H,25,27)/b24-11-. The lowest BCUT2D eigenvalue weighted by Crippen LogP contribution is -2.42. The van der Waals surface area contributed by atoms with Crippen LogP contribution in [0.5, 0.6) is 0 Å². The molecule has 0 unspecified atom stereocenters. The molecule has 0 bridgehead atoms. The summed E-state index contributed by atoms with van der Waals surface area (Å²) in [5.41, 5.74) is 6.66. The Morgan fingerprint density at radius 3 is 2.78 bits per heavy atom. The minimum Gasteiger partial charge on any atom is -0.365 e. The average molecular weight is 403 g/mol. The molecule has 0 aliphatic carbocycles. The van der Waals surface area contributed by atoms with E-state index in [0.717, 1.165) is 11.3 Å². The van der Waals surface area contributed by atoms with E-state index in [9.17, 15) is 4.79 Å². The van der Waals surface area contributed by atoms with E-state index in [2.05, 4.69) is 47.3 Å². The van der Waals surface area contributed by atoms with E-state index < -0.39 is 5.91 Å². The lowest BCUT2D eigenvalue weighted by atomic mass is 9.88. The van der Waals surface area contributed by atoms with Crippen LogP contribution in [0.4, 0.5) is 5.69 Å². The molecule has 0 fully saturated rings. The summed E-state index contributed by atoms with van der Waals surface area (Å²) >= 11 is 12.4. The maximum atomic E-state index is 12.1. The Bertz CT molecular complexity index is 966. The fourth-order valence-electron chi connectivity index (χ4n) is 3.06. The lowest BCUT2D eigenvalue weighted by Gasteiger charge is -2.40. The quantitative estimate of drug-likeness (QED) is 0.456. The first-order valence-electron chi connectivity index (χ1n) is 8.42. The zero-order valence-electron chi connectivity index (χ0n) is 15.5. The second-order valence-electron chi connectivity index (χ2n) is 6.97. The first-order valence-corrected chi connectivity index (χ1v) is 9.17. The predicted molar refractivity (Wildman–Crippen MR) is 112 cm³/mol. The van der Waals surface area contributed by atoms with Gasteiger partial charge in [-0.1, -0.05) is 29.3 Å². The summed E-state index contributed by atoms with van der Waals surface area (Å²) in [5.74, 6) is -0.434. The molecule has 27 heavy (non-hydrogen) atoms. The number of anilines is 1. The van der Waals surface area contributed by atoms with Gasteiger partial charge >= 0.3 is 0 Å². The Morgan fingerprint density at radius 1 is 1.33 bits per heavy atom. The summed E-state index contributed by atoms with van der Waals surface area (Å²) in [7, 11) is 2.05. The maximum Gasteiger partial charge on any atom is 0.274 e. The highest BCUT2D eigenvalue weighted by Crippen LogP contribution is 2.40. The Morgan fingerprint density at radius 2 is 2.07 bits per heavy atom. The largest absolute Gasteiger partial charge is 0.365 e. The number of carbonyl (C=O) groups is 1. The van der Waals surface area contributed by atoms with Crippen LogP contribution in [0, 0.1) is 0 Å². The van der Waals surface area contributed by atoms with Crippen LogP contribution in [0.3, 0.4) is 0 Å². The fraction of sp³-hybridized carbons (Fsp3) is 0.250. The molecule has 0 spiro atoms. The van der Waals surface area contributed by atoms with Crippen molar-refractivity contribution < 1.29 is 4.79 Å². The number of hydrogen-bond acceptors (Lipinski definition) is 4. The van der Waals surface area contributed by atoms with Gasteiger partial charge in [-0.25, -0.2) is 10.4 Å². The zero-order valence-corrected chi connectivity index (χ0v) is 17.1. The van der Waals surface area contributed by atoms with E-state index in [1.807, 2.05) is 19.2 Å². The van der Waals surface area contributed by atoms with Gasteiger partial charge < -0.3 is 4.90 Å². The van der Waals surface area contributed by atoms with E-state index in [4.69, 9.17) is 23.2 Å². The van der Waals surface area contributed by atoms with Gasteiger partial charge in [0.05, 0.1) is 22.3 Å². The fourth-order valence-corrected chi connectivity index (χ4v) is 3.47. The third kappa shape index (κ3) is 3.84. The van der Waals surface area contributed by atoms with Gasteiger partial charge in [-0.15, -0.1) is 0 Å². The van der Waals surface area contributed by atoms with Crippen LogP contribution >= 0.6 is 23.2 Å². The number of likely N-dealkylation sites (N-methyl/N-ethyl adjacent to an activating group) is 1. The highest BCUT2D eigenvalue weighted by atomic mass is 35.5. The number of nitrogens with one attached hydrogen (secondary N) is 1. The van der Waals surface area contributed by atoms with Gasteiger partial charge in [0, 0.05) is 30.1 Å². The normalized spacial score (nSPS) is 15.5. The van der Waals surface area contributed by atoms with Crippen molar-refractivity contribution in [2.75, 3.05) is 11.9 Å². The van der Waals surface area contributed by atoms with Crippen molar-refractivity contribution in [3.05, 3.63) is 63.4 Å². The van der Waals surface area contributed by atoms with E-state index in [1.165, 1.54) is 18.0 Å². The molecule has 3 rings (SSSR count). The molecule has 140 valence electrons. The number of fused-ring (bicyclic) bond motifs is 1. The lowest BCUT2D eigenvalue weighted by molar-refractivity contribution is 0.0955. The van der Waals surface area contributed by atoms with Gasteiger partial charge in [0.15, 0.2) is 0 Å². The number of rotatable bonds is 3. The molecule has 1 aromatic carbocycles. The van der Waals surface area contributed by atoms with Crippen molar-refractivity contribution in [3.63, 3.8) is 0 Å². The summed E-state index contributed by atoms with van der Waals surface area (Å²) in [6, 6.07) is 7.12. The van der Waals surface area contributed by atoms with Crippen LogP contribution < -0.4 is 10.3 Å². The van der Waals surface area contributed by atoms with Crippen LogP contribution in [-0.2, 0) is 0 Å². The number of allylic oxidation sites excluding steroid dienone is 1. The SMILES string of the molecule is CC1=CC(C)(C)N(C)c2cc(Cl)c(/C=N\NC(=O)c3cccnc3Cl)cc21. The van der Waals surface area contributed by atoms with Gasteiger partial charge in [0.25, 0.3) is 5.91 Å². The van der Waals surface area contributed by atoms with Crippen molar-refractivity contribution in [3.8, 4) is 0 Å². The van der Waals surface area contributed by atoms with Crippen molar-refractivity contribution in [2.24, 2.45) is 5.10 Å². The summed E-state index contributed by atoms with van der Waals surface area (Å²) in [6.45, 7) is 6.39. The number of nitrogens with zero attached hydrogens (tertiary/aromatic N) is 3. The highest BCUT2D eigenvalue weighted by molar-refractivity contribution is 6.33. The third-order valence-electron chi connectivity index (χ3n) is 4.71. The van der Waals surface area contributed by atoms with Crippen LogP contribution in [0.25, 0.3) is 5.57 Å². The van der Waals surface area contributed by atoms with E-state index in [0.29, 0.717) is 10.6 Å². The topological polar surface area (TPSA) is 57.6 Å². The van der Waals surface area contributed by atoms with Gasteiger partial charge in [0.1, 0.15) is 5.15 Å². The number of halogens is 2. The molecule has 7 heteroatoms. The molecular weight excluding hydrogens is 383 g/mol. The minimum atomic E-state index is -0.434. The van der Waals surface area contributed by atoms with E-state index >= 15 is 0 Å². The molecule has 1 N–H and O–H groups in total. The number of hydrazone groups is 1. The van der Waals surface area contributed by atoms with Crippen molar-refractivity contribution in [2.45, 2.75) is 26.3 Å². The summed E-state index contributed by atoms with van der Waals surface area (Å²) in [6.07, 6.45) is 5.26. The van der Waals surface area contributed by atoms with Crippen molar-refractivity contribution in [1.29, 1.82) is 0 Å². The first kappa shape index (κ1) is 19.4. The molecule has 2 heterocycles. The van der Waals surface area contributed by atoms with E-state index in [-0.39, 0.29) is 16.3 Å². The second-order valence-corrected chi connectivity index (χ2v) is 7.74. The van der Waals surface area contributed by atoms with Gasteiger partial charge in [-0.3, -0.25) is 4.79 Å². The number of hydrogen-bond donors (Lipinski definition) is 1. The average Bonchev–Trinajstić information content (AvgIpc) is 2.60. The predicted octanol–water partition coefficient (Wildman–Crippen LogP) is 4.78. The van der Waals surface area contributed by atoms with Crippen LogP contribution in [-0.4, -0.2) is 29.7 Å². The Labute approximate surface area is 168 Å². The van der Waals surface area contributed by atoms with Crippen molar-refractivity contribution in [1.82, 2.24) is 10.4 Å². The number of benzene rings is 1. The molecule has 1 aromatic heterocycles. The van der Waals surface area contributed by atoms with Crippen LogP contribution in [0.15, 0.2) is 41.6 Å². The van der Waals surface area contributed by atoms with Gasteiger partial charge in [0.2, 0.25) is 0 Å². The Balaban J connectivity index is 1.85. The maximum absolute atomic E-state index is 12.1. The molecule has 1 amide bonds. The summed E-state index contributed by atoms with van der Waals surface area (Å²) < 4.78 is 0. The Hall–Kier alpha value is -2.37. The van der Waals surface area contributed by atoms with Gasteiger partial charge in [-0.05, 0) is 50.6 Å². The molecule has 5 nitrogen and oxygen atoms in total. The van der Waals surface area contributed by atoms with Gasteiger partial charge in [-0.2, -0.15) is 5.10 Å². The molecular formula is C20H20Cl2N4O. The van der Waals surface area contributed by atoms with Crippen molar-refractivity contribution >= 4 is 46.6 Å². The summed E-state index contributed by atoms with van der Waals surface area (Å²) in [5, 5.41) is 4.70. The monoisotopic (exact) mass is 402 g/mol. The molecule has 0 saturated heterocycles. The minimum absolute atomic E-state index is 0.0903. The smallest absolute Gasteiger partial charge is 0.274 e. The number of amides is 1. The molecule has 1 aliphatic heterocycles. The van der Waals surface area contributed by atoms with E-state index in [1.54, 1.807) is 12.1 Å². The highest BCUT2D eigenvalue weighted by Gasteiger charge is 2.29. The summed E-state index contributed by atoms with van der Waals surface area (Å²) in [4.78, 5) is 18.2. The number of carbonyl (C=O) groups excluding carboxylic acids is 1. The molecule has 0 atom stereocenters. The third-order valence-corrected chi connectivity index (χ3v) is 5.34. The molecule has 0 radical (unpaired) electrons. The van der Waals surface area contributed by atoms with Crippen LogP contribution in [0.1, 0.15) is 42.3 Å². The number of pyridine rings is 1. The first-order chi connectivity index (χ1) is 12.7. The van der Waals surface area contributed by atoms with Crippen LogP contribution in [0.2, 0.25) is 10.2 Å². The Kier molecular flexibility index (Phi) is 5.27. The second kappa shape index (κ2) is 7.33. The molecule has 1 aliphatic rings. The number of aromatic nitrogens is 1. The molecule has 0 saturated carbocycles. The zero-order chi connectivity index (χ0) is 19.8. The molecule has 2 aromatic rings.